The van der Waals surface area contributed by atoms with Crippen LogP contribution in [0.25, 0.3) is 0 Å². The number of carbonyl (C=O) groups excluding carboxylic acids is 1. The van der Waals surface area contributed by atoms with Crippen molar-refractivity contribution < 1.29 is 23.1 Å². The van der Waals surface area contributed by atoms with Gasteiger partial charge in [0.15, 0.2) is 0 Å². The molecule has 1 aromatic carbocycles. The minimum absolute atomic E-state index is 0.287. The van der Waals surface area contributed by atoms with Gasteiger partial charge in [0.2, 0.25) is 4.34 Å². The number of nitrogens with one attached hydrogen (secondary N) is 1. The zero-order chi connectivity index (χ0) is 20.1. The van der Waals surface area contributed by atoms with E-state index >= 15 is 0 Å². The summed E-state index contributed by atoms with van der Waals surface area (Å²) in [6.45, 7) is 3.07. The quantitative estimate of drug-likeness (QED) is 0.785. The summed E-state index contributed by atoms with van der Waals surface area (Å²) in [5, 5.41) is 9.99. The lowest BCUT2D eigenvalue weighted by molar-refractivity contribution is 0.0823. The molecule has 2 N–H and O–H groups in total. The highest BCUT2D eigenvalue weighted by atomic mass is 32.2. The van der Waals surface area contributed by atoms with Crippen LogP contribution in [0.4, 0.5) is 4.79 Å². The van der Waals surface area contributed by atoms with Crippen LogP contribution in [-0.4, -0.2) is 24.6 Å². The minimum Gasteiger partial charge on any atom is -0.409 e. The topological polar surface area (TPSA) is 106 Å². The van der Waals surface area contributed by atoms with E-state index in [9.17, 15) is 18.3 Å². The highest BCUT2D eigenvalue weighted by Gasteiger charge is 2.30. The first-order valence-electron chi connectivity index (χ1n) is 9.25. The molecular formula is C19H22N2O5S2. The maximum atomic E-state index is 12.5. The molecule has 0 unspecified atom stereocenters. The number of amides is 1. The van der Waals surface area contributed by atoms with Gasteiger partial charge in [-0.2, -0.15) is 8.42 Å². The van der Waals surface area contributed by atoms with E-state index in [2.05, 4.69) is 11.1 Å². The second-order valence-corrected chi connectivity index (χ2v) is 10.6. The van der Waals surface area contributed by atoms with E-state index in [1.807, 2.05) is 4.72 Å². The normalized spacial score (nSPS) is 16.0. The van der Waals surface area contributed by atoms with Crippen molar-refractivity contribution in [2.45, 2.75) is 62.3 Å². The molecule has 1 heterocycles. The molecule has 9 heteroatoms. The van der Waals surface area contributed by atoms with E-state index in [1.165, 1.54) is 31.2 Å². The van der Waals surface area contributed by atoms with Gasteiger partial charge in [0.05, 0.1) is 10.5 Å². The van der Waals surface area contributed by atoms with Gasteiger partial charge < -0.3 is 9.84 Å². The molecule has 0 spiro atoms. The Morgan fingerprint density at radius 3 is 2.32 bits per heavy atom. The van der Waals surface area contributed by atoms with Crippen molar-refractivity contribution in [1.29, 1.82) is 0 Å². The van der Waals surface area contributed by atoms with Crippen LogP contribution in [0.5, 0.6) is 5.75 Å². The number of hydrogen-bond acceptors (Lipinski definition) is 7. The molecule has 2 aliphatic carbocycles. The summed E-state index contributed by atoms with van der Waals surface area (Å²) >= 11 is 0.816. The third-order valence-electron chi connectivity index (χ3n) is 5.15. The van der Waals surface area contributed by atoms with Crippen LogP contribution in [-0.2, 0) is 41.3 Å². The Balaban J connectivity index is 1.56. The Morgan fingerprint density at radius 1 is 1.18 bits per heavy atom. The van der Waals surface area contributed by atoms with Crippen molar-refractivity contribution in [2.75, 3.05) is 0 Å². The van der Waals surface area contributed by atoms with Gasteiger partial charge in [-0.25, -0.2) is 14.5 Å². The molecule has 0 radical (unpaired) electrons. The molecular weight excluding hydrogens is 400 g/mol. The molecule has 7 nitrogen and oxygen atoms in total. The van der Waals surface area contributed by atoms with Crippen LogP contribution in [0.2, 0.25) is 0 Å². The van der Waals surface area contributed by atoms with Crippen molar-refractivity contribution in [1.82, 2.24) is 9.71 Å². The Bertz CT molecular complexity index is 1020. The van der Waals surface area contributed by atoms with Crippen LogP contribution in [0.1, 0.15) is 53.8 Å². The average Bonchev–Trinajstić information content (AvgIpc) is 3.33. The molecule has 2 aliphatic rings. The number of aryl methyl sites for hydroxylation is 2. The summed E-state index contributed by atoms with van der Waals surface area (Å²) in [6, 6.07) is 2.21. The van der Waals surface area contributed by atoms with E-state index in [4.69, 9.17) is 4.74 Å². The highest BCUT2D eigenvalue weighted by Crippen LogP contribution is 2.40. The van der Waals surface area contributed by atoms with Crippen molar-refractivity contribution in [3.8, 4) is 5.75 Å². The molecule has 150 valence electrons. The fourth-order valence-electron chi connectivity index (χ4n) is 3.82. The number of fused-ring (bicyclic) bond motifs is 2. The van der Waals surface area contributed by atoms with E-state index < -0.39 is 21.7 Å². The summed E-state index contributed by atoms with van der Waals surface area (Å²) < 4.78 is 32.2. The molecule has 1 aromatic heterocycles. The summed E-state index contributed by atoms with van der Waals surface area (Å²) in [6.07, 6.45) is 5.85. The van der Waals surface area contributed by atoms with Gasteiger partial charge in [-0.3, -0.25) is 0 Å². The molecule has 2 aromatic rings. The summed E-state index contributed by atoms with van der Waals surface area (Å²) in [7, 11) is -4.18. The predicted octanol–water partition coefficient (Wildman–Crippen LogP) is 2.83. The van der Waals surface area contributed by atoms with Crippen molar-refractivity contribution in [3.05, 3.63) is 39.4 Å². The molecule has 0 aliphatic heterocycles. The first-order valence-corrected chi connectivity index (χ1v) is 11.5. The number of sulfonamides is 1. The van der Waals surface area contributed by atoms with Gasteiger partial charge in [-0.15, -0.1) is 11.3 Å². The number of thiazole rings is 1. The van der Waals surface area contributed by atoms with Crippen LogP contribution in [0.15, 0.2) is 16.6 Å². The van der Waals surface area contributed by atoms with E-state index in [1.54, 1.807) is 0 Å². The molecule has 4 rings (SSSR count). The average molecular weight is 423 g/mol. The standard InChI is InChI=1S/C19H22N2O5S2/c1-19(2,23)15-10-20-18(27-15)28(24,25)21-17(22)26-16-13-7-3-5-11(13)9-12-6-4-8-14(12)16/h9-10,23H,3-8H2,1-2H3,(H,21,22). The van der Waals surface area contributed by atoms with Gasteiger partial charge in [0.25, 0.3) is 10.0 Å². The van der Waals surface area contributed by atoms with E-state index in [0.29, 0.717) is 10.6 Å². The number of aliphatic hydroxyl groups is 1. The van der Waals surface area contributed by atoms with Crippen LogP contribution < -0.4 is 9.46 Å². The van der Waals surface area contributed by atoms with Crippen molar-refractivity contribution >= 4 is 27.5 Å². The molecule has 0 bridgehead atoms. The monoisotopic (exact) mass is 422 g/mol. The summed E-state index contributed by atoms with van der Waals surface area (Å²) in [5.74, 6) is 0.534. The largest absolute Gasteiger partial charge is 0.426 e. The Kier molecular flexibility index (Phi) is 4.71. The second kappa shape index (κ2) is 6.82. The van der Waals surface area contributed by atoms with E-state index in [0.717, 1.165) is 61.0 Å². The number of carbonyl (C=O) groups is 1. The minimum atomic E-state index is -4.18. The zero-order valence-electron chi connectivity index (χ0n) is 15.7. The predicted molar refractivity (Wildman–Crippen MR) is 104 cm³/mol. The van der Waals surface area contributed by atoms with Gasteiger partial charge >= 0.3 is 6.09 Å². The summed E-state index contributed by atoms with van der Waals surface area (Å²) in [4.78, 5) is 16.6. The lowest BCUT2D eigenvalue weighted by Gasteiger charge is -2.15. The molecule has 0 saturated heterocycles. The maximum Gasteiger partial charge on any atom is 0.426 e. The third-order valence-corrected chi connectivity index (χ3v) is 8.16. The first-order chi connectivity index (χ1) is 13.1. The van der Waals surface area contributed by atoms with Crippen LogP contribution in [0.3, 0.4) is 0 Å². The van der Waals surface area contributed by atoms with Crippen molar-refractivity contribution in [3.63, 3.8) is 0 Å². The lowest BCUT2D eigenvalue weighted by atomic mass is 10.0. The van der Waals surface area contributed by atoms with Gasteiger partial charge in [-0.1, -0.05) is 6.07 Å². The number of ether oxygens (including phenoxy) is 1. The number of rotatable bonds is 4. The van der Waals surface area contributed by atoms with Crippen LogP contribution >= 0.6 is 11.3 Å². The third kappa shape index (κ3) is 3.54. The molecule has 0 saturated carbocycles. The Hall–Kier alpha value is -1.97. The summed E-state index contributed by atoms with van der Waals surface area (Å²) in [5.41, 5.74) is 3.22. The fraction of sp³-hybridized carbons (Fsp3) is 0.474. The van der Waals surface area contributed by atoms with Gasteiger partial charge in [-0.05, 0) is 74.6 Å². The SMILES string of the molecule is CC(C)(O)c1cnc(S(=O)(=O)NC(=O)Oc2c3c(cc4c2CCC4)CCC3)s1. The fourth-order valence-corrected chi connectivity index (χ4v) is 5.84. The number of benzene rings is 1. The van der Waals surface area contributed by atoms with E-state index in [-0.39, 0.29) is 4.34 Å². The Labute approximate surface area is 167 Å². The highest BCUT2D eigenvalue weighted by molar-refractivity contribution is 7.92. The number of hydrogen-bond donors (Lipinski definition) is 2. The smallest absolute Gasteiger partial charge is 0.409 e. The van der Waals surface area contributed by atoms with Gasteiger partial charge in [0, 0.05) is 6.20 Å². The molecule has 0 fully saturated rings. The molecule has 28 heavy (non-hydrogen) atoms. The lowest BCUT2D eigenvalue weighted by Crippen LogP contribution is -2.33. The number of nitrogens with zero attached hydrogens (tertiary/aromatic N) is 1. The van der Waals surface area contributed by atoms with Crippen molar-refractivity contribution in [2.24, 2.45) is 0 Å². The van der Waals surface area contributed by atoms with Gasteiger partial charge in [0.1, 0.15) is 5.75 Å². The van der Waals surface area contributed by atoms with Crippen LogP contribution in [0, 0.1) is 0 Å². The second-order valence-electron chi connectivity index (χ2n) is 7.73. The Morgan fingerprint density at radius 2 is 1.79 bits per heavy atom. The molecule has 0 atom stereocenters. The zero-order valence-corrected chi connectivity index (χ0v) is 17.4. The first kappa shape index (κ1) is 19.4. The molecule has 1 amide bonds. The number of aromatic nitrogens is 1. The maximum absolute atomic E-state index is 12.5.